The Morgan fingerprint density at radius 2 is 1.74 bits per heavy atom. The smallest absolute Gasteiger partial charge is 0.224 e. The van der Waals surface area contributed by atoms with E-state index in [0.717, 1.165) is 5.56 Å². The summed E-state index contributed by atoms with van der Waals surface area (Å²) in [4.78, 5) is 8.42. The Labute approximate surface area is 162 Å². The zero-order valence-electron chi connectivity index (χ0n) is 14.7. The highest BCUT2D eigenvalue weighted by Gasteiger charge is 2.23. The lowest BCUT2D eigenvalue weighted by Crippen LogP contribution is -2.15. The SMILES string of the molecule is CC(C)S(=O)(=O)c1ccccc1Nc1nc(Cl)ncc1-c1ccc(O)cc1. The maximum atomic E-state index is 12.7. The van der Waals surface area contributed by atoms with E-state index in [1.165, 1.54) is 0 Å². The van der Waals surface area contributed by atoms with Crippen LogP contribution < -0.4 is 5.32 Å². The molecule has 3 aromatic rings. The number of nitrogens with one attached hydrogen (secondary N) is 1. The molecule has 0 radical (unpaired) electrons. The van der Waals surface area contributed by atoms with Gasteiger partial charge in [0, 0.05) is 11.8 Å². The van der Waals surface area contributed by atoms with Crippen molar-refractivity contribution in [2.24, 2.45) is 0 Å². The zero-order valence-corrected chi connectivity index (χ0v) is 16.3. The van der Waals surface area contributed by atoms with Crippen molar-refractivity contribution >= 4 is 32.9 Å². The van der Waals surface area contributed by atoms with Crippen molar-refractivity contribution in [3.05, 3.63) is 60.0 Å². The van der Waals surface area contributed by atoms with Crippen molar-refractivity contribution in [2.75, 3.05) is 5.32 Å². The van der Waals surface area contributed by atoms with Crippen LogP contribution in [0.1, 0.15) is 13.8 Å². The van der Waals surface area contributed by atoms with E-state index in [4.69, 9.17) is 11.6 Å². The molecule has 0 unspecified atom stereocenters. The third-order valence-electron chi connectivity index (χ3n) is 4.00. The average molecular weight is 404 g/mol. The van der Waals surface area contributed by atoms with Crippen LogP contribution in [0.3, 0.4) is 0 Å². The molecule has 0 aliphatic rings. The molecule has 1 heterocycles. The summed E-state index contributed by atoms with van der Waals surface area (Å²) in [6.07, 6.45) is 1.55. The molecule has 2 N–H and O–H groups in total. The maximum absolute atomic E-state index is 12.7. The highest BCUT2D eigenvalue weighted by atomic mass is 35.5. The van der Waals surface area contributed by atoms with Gasteiger partial charge in [-0.2, -0.15) is 4.98 Å². The summed E-state index contributed by atoms with van der Waals surface area (Å²) in [5.74, 6) is 0.503. The van der Waals surface area contributed by atoms with Crippen molar-refractivity contribution in [1.29, 1.82) is 0 Å². The normalized spacial score (nSPS) is 11.6. The number of para-hydroxylation sites is 1. The minimum Gasteiger partial charge on any atom is -0.508 e. The Bertz CT molecular complexity index is 1070. The van der Waals surface area contributed by atoms with Gasteiger partial charge in [0.1, 0.15) is 11.6 Å². The van der Waals surface area contributed by atoms with E-state index in [1.807, 2.05) is 0 Å². The molecule has 0 aliphatic carbocycles. The molecule has 2 aromatic carbocycles. The maximum Gasteiger partial charge on any atom is 0.224 e. The molecule has 27 heavy (non-hydrogen) atoms. The number of phenols is 1. The summed E-state index contributed by atoms with van der Waals surface area (Å²) in [5.41, 5.74) is 1.77. The van der Waals surface area contributed by atoms with E-state index in [2.05, 4.69) is 15.3 Å². The van der Waals surface area contributed by atoms with Crippen LogP contribution in [0.5, 0.6) is 5.75 Å². The van der Waals surface area contributed by atoms with Crippen LogP contribution in [0.25, 0.3) is 11.1 Å². The number of sulfone groups is 1. The molecule has 1 aromatic heterocycles. The van der Waals surface area contributed by atoms with Crippen LogP contribution in [-0.2, 0) is 9.84 Å². The van der Waals surface area contributed by atoms with Crippen LogP contribution in [0, 0.1) is 0 Å². The quantitative estimate of drug-likeness (QED) is 0.612. The topological polar surface area (TPSA) is 92.2 Å². The molecule has 0 atom stereocenters. The second-order valence-electron chi connectivity index (χ2n) is 6.16. The molecule has 0 spiro atoms. The molecule has 3 rings (SSSR count). The van der Waals surface area contributed by atoms with Crippen molar-refractivity contribution in [3.8, 4) is 16.9 Å². The van der Waals surface area contributed by atoms with E-state index in [9.17, 15) is 13.5 Å². The number of nitrogens with zero attached hydrogens (tertiary/aromatic N) is 2. The predicted octanol–water partition coefficient (Wildman–Crippen LogP) is 4.43. The molecule has 0 aliphatic heterocycles. The molecule has 0 fully saturated rings. The minimum absolute atomic E-state index is 0.0317. The van der Waals surface area contributed by atoms with Gasteiger partial charge in [-0.05, 0) is 55.3 Å². The van der Waals surface area contributed by atoms with Crippen molar-refractivity contribution in [1.82, 2.24) is 9.97 Å². The Balaban J connectivity index is 2.10. The van der Waals surface area contributed by atoms with Gasteiger partial charge in [-0.3, -0.25) is 0 Å². The number of rotatable bonds is 5. The summed E-state index contributed by atoms with van der Waals surface area (Å²) in [6.45, 7) is 3.27. The molecule has 0 bridgehead atoms. The van der Waals surface area contributed by atoms with Gasteiger partial charge in [-0.1, -0.05) is 24.3 Å². The molecule has 0 saturated carbocycles. The van der Waals surface area contributed by atoms with Gasteiger partial charge < -0.3 is 10.4 Å². The summed E-state index contributed by atoms with van der Waals surface area (Å²) in [6, 6.07) is 13.2. The van der Waals surface area contributed by atoms with E-state index in [-0.39, 0.29) is 15.9 Å². The third-order valence-corrected chi connectivity index (χ3v) is 6.40. The van der Waals surface area contributed by atoms with E-state index >= 15 is 0 Å². The zero-order chi connectivity index (χ0) is 19.6. The monoisotopic (exact) mass is 403 g/mol. The third kappa shape index (κ3) is 4.04. The summed E-state index contributed by atoms with van der Waals surface area (Å²) >= 11 is 5.96. The second kappa shape index (κ2) is 7.54. The molecular weight excluding hydrogens is 386 g/mol. The Morgan fingerprint density at radius 1 is 1.07 bits per heavy atom. The van der Waals surface area contributed by atoms with E-state index in [0.29, 0.717) is 17.1 Å². The first-order valence-corrected chi connectivity index (χ1v) is 10.1. The lowest BCUT2D eigenvalue weighted by atomic mass is 10.1. The minimum atomic E-state index is -3.49. The van der Waals surface area contributed by atoms with Gasteiger partial charge in [0.05, 0.1) is 15.8 Å². The Hall–Kier alpha value is -2.64. The number of aromatic nitrogens is 2. The Kier molecular flexibility index (Phi) is 5.34. The number of phenolic OH excluding ortho intramolecular Hbond substituents is 1. The number of aromatic hydroxyl groups is 1. The summed E-state index contributed by atoms with van der Waals surface area (Å²) in [7, 11) is -3.49. The largest absolute Gasteiger partial charge is 0.508 e. The number of halogens is 1. The number of hydrogen-bond donors (Lipinski definition) is 2. The van der Waals surface area contributed by atoms with E-state index in [1.54, 1.807) is 68.6 Å². The van der Waals surface area contributed by atoms with Crippen molar-refractivity contribution < 1.29 is 13.5 Å². The second-order valence-corrected chi connectivity index (χ2v) is 8.97. The lowest BCUT2D eigenvalue weighted by molar-refractivity contribution is 0.475. The van der Waals surface area contributed by atoms with Crippen LogP contribution in [0.4, 0.5) is 11.5 Å². The fraction of sp³-hybridized carbons (Fsp3) is 0.158. The summed E-state index contributed by atoms with van der Waals surface area (Å²) < 4.78 is 25.4. The van der Waals surface area contributed by atoms with Gasteiger partial charge >= 0.3 is 0 Å². The fourth-order valence-electron chi connectivity index (χ4n) is 2.51. The van der Waals surface area contributed by atoms with Gasteiger partial charge in [0.2, 0.25) is 5.28 Å². The highest BCUT2D eigenvalue weighted by molar-refractivity contribution is 7.92. The molecular formula is C19H18ClN3O3S. The highest BCUT2D eigenvalue weighted by Crippen LogP contribution is 2.33. The van der Waals surface area contributed by atoms with Crippen LogP contribution in [0.15, 0.2) is 59.6 Å². The number of hydrogen-bond acceptors (Lipinski definition) is 6. The van der Waals surface area contributed by atoms with Crippen molar-refractivity contribution in [3.63, 3.8) is 0 Å². The molecule has 140 valence electrons. The van der Waals surface area contributed by atoms with Crippen LogP contribution in [0.2, 0.25) is 5.28 Å². The predicted molar refractivity (Wildman–Crippen MR) is 106 cm³/mol. The van der Waals surface area contributed by atoms with Gasteiger partial charge in [-0.15, -0.1) is 0 Å². The molecule has 8 heteroatoms. The summed E-state index contributed by atoms with van der Waals surface area (Å²) in [5, 5.41) is 12.0. The molecule has 6 nitrogen and oxygen atoms in total. The number of benzene rings is 2. The first kappa shape index (κ1) is 19.1. The standard InChI is InChI=1S/C19H18ClN3O3S/c1-12(2)27(25,26)17-6-4-3-5-16(17)22-18-15(11-21-19(20)23-18)13-7-9-14(24)10-8-13/h3-12,24H,1-2H3,(H,21,22,23). The lowest BCUT2D eigenvalue weighted by Gasteiger charge is -2.16. The Morgan fingerprint density at radius 3 is 2.41 bits per heavy atom. The van der Waals surface area contributed by atoms with Crippen LogP contribution in [-0.4, -0.2) is 28.7 Å². The van der Waals surface area contributed by atoms with Crippen molar-refractivity contribution in [2.45, 2.75) is 24.0 Å². The first-order valence-electron chi connectivity index (χ1n) is 8.21. The molecule has 0 saturated heterocycles. The first-order chi connectivity index (χ1) is 12.8. The number of anilines is 2. The van der Waals surface area contributed by atoms with Crippen LogP contribution >= 0.6 is 11.6 Å². The van der Waals surface area contributed by atoms with Gasteiger partial charge in [0.15, 0.2) is 9.84 Å². The average Bonchev–Trinajstić information content (AvgIpc) is 2.63. The van der Waals surface area contributed by atoms with E-state index < -0.39 is 15.1 Å². The molecule has 0 amide bonds. The fourth-order valence-corrected chi connectivity index (χ4v) is 3.84. The van der Waals surface area contributed by atoms with Gasteiger partial charge in [0.25, 0.3) is 0 Å². The van der Waals surface area contributed by atoms with Gasteiger partial charge in [-0.25, -0.2) is 13.4 Å².